The van der Waals surface area contributed by atoms with E-state index in [9.17, 15) is 14.4 Å². The number of carbonyl (C=O) groups is 3. The minimum Gasteiger partial charge on any atom is -0.462 e. The lowest BCUT2D eigenvalue weighted by atomic mass is 10.1. The quantitative estimate of drug-likeness (QED) is 0.637. The number of hydrogen-bond acceptors (Lipinski definition) is 7. The first-order valence-corrected chi connectivity index (χ1v) is 12.5. The van der Waals surface area contributed by atoms with Gasteiger partial charge in [0.05, 0.1) is 24.3 Å². The van der Waals surface area contributed by atoms with Crippen molar-refractivity contribution in [3.63, 3.8) is 0 Å². The Morgan fingerprint density at radius 2 is 2.00 bits per heavy atom. The highest BCUT2D eigenvalue weighted by Gasteiger charge is 2.32. The number of ether oxygens (including phenoxy) is 1. The van der Waals surface area contributed by atoms with E-state index < -0.39 is 0 Å². The number of rotatable bonds is 7. The number of carbonyl (C=O) groups excluding carboxylic acids is 3. The molecule has 0 radical (unpaired) electrons. The van der Waals surface area contributed by atoms with Crippen LogP contribution in [-0.2, 0) is 9.53 Å². The Labute approximate surface area is 190 Å². The van der Waals surface area contributed by atoms with Crippen LogP contribution < -0.4 is 5.32 Å². The van der Waals surface area contributed by atoms with Crippen LogP contribution >= 0.6 is 22.7 Å². The van der Waals surface area contributed by atoms with Crippen LogP contribution in [0.4, 0.5) is 5.00 Å². The summed E-state index contributed by atoms with van der Waals surface area (Å²) in [6, 6.07) is 1.85. The second-order valence-corrected chi connectivity index (χ2v) is 9.53. The van der Waals surface area contributed by atoms with Crippen LogP contribution in [0.3, 0.4) is 0 Å². The van der Waals surface area contributed by atoms with Crippen LogP contribution in [0.25, 0.3) is 0 Å². The summed E-state index contributed by atoms with van der Waals surface area (Å²) < 4.78 is 5.23. The number of esters is 1. The Hall–Kier alpha value is -2.23. The minimum atomic E-state index is -0.363. The predicted molar refractivity (Wildman–Crippen MR) is 122 cm³/mol. The number of hydrogen-bond donors (Lipinski definition) is 1. The van der Waals surface area contributed by atoms with Gasteiger partial charge in [-0.25, -0.2) is 4.79 Å². The van der Waals surface area contributed by atoms with Gasteiger partial charge in [0.1, 0.15) is 5.00 Å². The molecule has 31 heavy (non-hydrogen) atoms. The fourth-order valence-electron chi connectivity index (χ4n) is 3.84. The number of amides is 2. The van der Waals surface area contributed by atoms with E-state index in [1.54, 1.807) is 6.92 Å². The third-order valence-corrected chi connectivity index (χ3v) is 7.18. The van der Waals surface area contributed by atoms with Crippen molar-refractivity contribution in [1.82, 2.24) is 9.80 Å². The van der Waals surface area contributed by atoms with Gasteiger partial charge in [-0.05, 0) is 54.5 Å². The summed E-state index contributed by atoms with van der Waals surface area (Å²) >= 11 is 2.91. The van der Waals surface area contributed by atoms with Crippen LogP contribution in [0.2, 0.25) is 0 Å². The highest BCUT2D eigenvalue weighted by molar-refractivity contribution is 7.15. The molecule has 1 saturated heterocycles. The van der Waals surface area contributed by atoms with Crippen molar-refractivity contribution in [2.45, 2.75) is 32.1 Å². The van der Waals surface area contributed by atoms with Crippen molar-refractivity contribution in [3.05, 3.63) is 38.9 Å². The molecule has 0 unspecified atom stereocenters. The van der Waals surface area contributed by atoms with Gasteiger partial charge in [-0.1, -0.05) is 0 Å². The molecular formula is C22H27N3O4S2. The molecule has 0 bridgehead atoms. The molecule has 2 fully saturated rings. The summed E-state index contributed by atoms with van der Waals surface area (Å²) in [7, 11) is 0. The summed E-state index contributed by atoms with van der Waals surface area (Å²) in [6.07, 6.45) is 2.97. The molecule has 2 aromatic rings. The molecule has 7 nitrogen and oxygen atoms in total. The van der Waals surface area contributed by atoms with Crippen molar-refractivity contribution in [2.24, 2.45) is 0 Å². The molecule has 166 valence electrons. The van der Waals surface area contributed by atoms with Crippen LogP contribution in [-0.4, -0.2) is 66.9 Å². The van der Waals surface area contributed by atoms with E-state index >= 15 is 0 Å². The minimum absolute atomic E-state index is 0.0535. The van der Waals surface area contributed by atoms with Crippen molar-refractivity contribution >= 4 is 45.5 Å². The second-order valence-electron chi connectivity index (χ2n) is 7.87. The molecule has 0 atom stereocenters. The van der Waals surface area contributed by atoms with E-state index in [0.29, 0.717) is 42.7 Å². The molecular weight excluding hydrogens is 434 g/mol. The highest BCUT2D eigenvalue weighted by atomic mass is 32.1. The van der Waals surface area contributed by atoms with Crippen molar-refractivity contribution in [3.8, 4) is 0 Å². The maximum absolute atomic E-state index is 12.7. The zero-order valence-corrected chi connectivity index (χ0v) is 19.2. The largest absolute Gasteiger partial charge is 0.462 e. The molecule has 2 aliphatic rings. The smallest absolute Gasteiger partial charge is 0.341 e. The molecule has 9 heteroatoms. The zero-order valence-electron chi connectivity index (χ0n) is 17.6. The Morgan fingerprint density at radius 3 is 2.71 bits per heavy atom. The van der Waals surface area contributed by atoms with E-state index in [-0.39, 0.29) is 24.3 Å². The normalized spacial score (nSPS) is 17.3. The third kappa shape index (κ3) is 5.34. The predicted octanol–water partition coefficient (Wildman–Crippen LogP) is 3.65. The SMILES string of the molecule is CCOC(=O)c1c(C2CC2)csc1NC(=O)CN1CCCN(C(=O)c2ccsc2)CC1. The Morgan fingerprint density at radius 1 is 1.16 bits per heavy atom. The maximum Gasteiger partial charge on any atom is 0.341 e. The van der Waals surface area contributed by atoms with E-state index in [1.165, 1.54) is 22.7 Å². The number of nitrogens with one attached hydrogen (secondary N) is 1. The fraction of sp³-hybridized carbons (Fsp3) is 0.500. The fourth-order valence-corrected chi connectivity index (χ4v) is 5.52. The molecule has 0 spiro atoms. The van der Waals surface area contributed by atoms with E-state index in [0.717, 1.165) is 36.9 Å². The zero-order chi connectivity index (χ0) is 21.8. The van der Waals surface area contributed by atoms with Crippen LogP contribution in [0.1, 0.15) is 58.4 Å². The average Bonchev–Trinajstić information content (AvgIpc) is 3.36. The van der Waals surface area contributed by atoms with Gasteiger partial charge in [-0.2, -0.15) is 11.3 Å². The van der Waals surface area contributed by atoms with Gasteiger partial charge < -0.3 is 15.0 Å². The van der Waals surface area contributed by atoms with Gasteiger partial charge in [0.15, 0.2) is 0 Å². The lowest BCUT2D eigenvalue weighted by Gasteiger charge is -2.21. The van der Waals surface area contributed by atoms with Crippen molar-refractivity contribution < 1.29 is 19.1 Å². The molecule has 3 heterocycles. The number of anilines is 1. The van der Waals surface area contributed by atoms with E-state index in [1.807, 2.05) is 27.1 Å². The molecule has 2 amide bonds. The Kier molecular flexibility index (Phi) is 7.04. The second kappa shape index (κ2) is 9.93. The summed E-state index contributed by atoms with van der Waals surface area (Å²) in [5, 5.41) is 9.26. The first-order valence-electron chi connectivity index (χ1n) is 10.7. The molecule has 1 aliphatic heterocycles. The van der Waals surface area contributed by atoms with Crippen molar-refractivity contribution in [1.29, 1.82) is 0 Å². The maximum atomic E-state index is 12.7. The van der Waals surface area contributed by atoms with Gasteiger partial charge in [-0.3, -0.25) is 14.5 Å². The first-order chi connectivity index (χ1) is 15.1. The summed E-state index contributed by atoms with van der Waals surface area (Å²) in [4.78, 5) is 41.7. The first kappa shape index (κ1) is 22.0. The summed E-state index contributed by atoms with van der Waals surface area (Å²) in [6.45, 7) is 5.01. The van der Waals surface area contributed by atoms with Gasteiger partial charge in [0.25, 0.3) is 5.91 Å². The van der Waals surface area contributed by atoms with Gasteiger partial charge in [-0.15, -0.1) is 11.3 Å². The number of thiophene rings is 2. The third-order valence-electron chi connectivity index (χ3n) is 5.58. The Bertz CT molecular complexity index is 937. The van der Waals surface area contributed by atoms with E-state index in [2.05, 4.69) is 10.2 Å². The molecule has 1 N–H and O–H groups in total. The topological polar surface area (TPSA) is 79.0 Å². The Balaban J connectivity index is 1.35. The monoisotopic (exact) mass is 461 g/mol. The van der Waals surface area contributed by atoms with E-state index in [4.69, 9.17) is 4.74 Å². The highest BCUT2D eigenvalue weighted by Crippen LogP contribution is 2.46. The van der Waals surface area contributed by atoms with Crippen molar-refractivity contribution in [2.75, 3.05) is 44.6 Å². The number of nitrogens with zero attached hydrogens (tertiary/aromatic N) is 2. The molecule has 0 aromatic carbocycles. The molecule has 4 rings (SSSR count). The average molecular weight is 462 g/mol. The lowest BCUT2D eigenvalue weighted by Crippen LogP contribution is -2.38. The van der Waals surface area contributed by atoms with Crippen LogP contribution in [0.5, 0.6) is 0 Å². The van der Waals surface area contributed by atoms with Gasteiger partial charge >= 0.3 is 5.97 Å². The van der Waals surface area contributed by atoms with Crippen LogP contribution in [0, 0.1) is 0 Å². The van der Waals surface area contributed by atoms with Gasteiger partial charge in [0.2, 0.25) is 5.91 Å². The molecule has 1 aliphatic carbocycles. The van der Waals surface area contributed by atoms with Crippen LogP contribution in [0.15, 0.2) is 22.2 Å². The molecule has 2 aromatic heterocycles. The lowest BCUT2D eigenvalue weighted by molar-refractivity contribution is -0.117. The summed E-state index contributed by atoms with van der Waals surface area (Å²) in [5.41, 5.74) is 2.24. The standard InChI is InChI=1S/C22H27N3O4S2/c1-2-29-22(28)19-17(15-4-5-15)14-31-20(19)23-18(26)12-24-7-3-8-25(10-9-24)21(27)16-6-11-30-13-16/h6,11,13-15H,2-5,7-10,12H2,1H3,(H,23,26). The van der Waals surface area contributed by atoms with Gasteiger partial charge in [0, 0.05) is 31.6 Å². The summed E-state index contributed by atoms with van der Waals surface area (Å²) in [5.74, 6) is -0.0536. The molecule has 1 saturated carbocycles.